The molecule has 0 aromatic heterocycles. The third-order valence-corrected chi connectivity index (χ3v) is 12.1. The average molecular weight is 775 g/mol. The smallest absolute Gasteiger partial charge is 0.322 e. The van der Waals surface area contributed by atoms with E-state index in [-0.39, 0.29) is 23.0 Å². The van der Waals surface area contributed by atoms with Gasteiger partial charge in [0.25, 0.3) is 11.8 Å². The maximum Gasteiger partial charge on any atom is 0.322 e. The van der Waals surface area contributed by atoms with Gasteiger partial charge in [0.05, 0.1) is 0 Å². The fraction of sp³-hybridized carbons (Fsp3) is 0.529. The number of nitrogens with one attached hydrogen (secondary N) is 4. The van der Waals surface area contributed by atoms with Crippen molar-refractivity contribution in [2.24, 2.45) is 11.8 Å². The van der Waals surface area contributed by atoms with E-state index in [1.54, 1.807) is 0 Å². The molecule has 2 saturated heterocycles. The number of rotatable bonds is 0. The lowest BCUT2D eigenvalue weighted by molar-refractivity contribution is -0.130. The summed E-state index contributed by atoms with van der Waals surface area (Å²) in [4.78, 5) is 37.3. The third-order valence-electron chi connectivity index (χ3n) is 10.9. The summed E-state index contributed by atoms with van der Waals surface area (Å²) in [6, 6.07) is 11.1. The number of ether oxygens (including phenoxy) is 2. The van der Waals surface area contributed by atoms with Crippen LogP contribution < -0.4 is 30.7 Å². The van der Waals surface area contributed by atoms with Gasteiger partial charge in [-0.2, -0.15) is 0 Å². The number of hydrogen-bond acceptors (Lipinski definition) is 6. The Labute approximate surface area is 290 Å². The lowest BCUT2D eigenvalue weighted by atomic mass is 9.69. The zero-order valence-electron chi connectivity index (χ0n) is 25.9. The zero-order chi connectivity index (χ0) is 32.5. The lowest BCUT2D eigenvalue weighted by Crippen LogP contribution is -2.56. The van der Waals surface area contributed by atoms with Gasteiger partial charge in [-0.05, 0) is 112 Å². The summed E-state index contributed by atoms with van der Waals surface area (Å²) >= 11 is 12.2. The Morgan fingerprint density at radius 1 is 0.696 bits per heavy atom. The van der Waals surface area contributed by atoms with Crippen LogP contribution in [0.5, 0.6) is 11.5 Å². The summed E-state index contributed by atoms with van der Waals surface area (Å²) in [6.45, 7) is 4.53. The van der Waals surface area contributed by atoms with Crippen molar-refractivity contribution in [3.05, 3.63) is 56.5 Å². The van der Waals surface area contributed by atoms with Gasteiger partial charge in [-0.15, -0.1) is 0 Å². The highest BCUT2D eigenvalue weighted by Gasteiger charge is 2.59. The van der Waals surface area contributed by atoms with Gasteiger partial charge in [0.1, 0.15) is 22.7 Å². The molecule has 8 rings (SSSR count). The lowest BCUT2D eigenvalue weighted by Gasteiger charge is -2.48. The summed E-state index contributed by atoms with van der Waals surface area (Å²) in [5.74, 6) is 2.55. The number of urea groups is 1. The molecule has 2 aromatic carbocycles. The van der Waals surface area contributed by atoms with Crippen LogP contribution in [-0.4, -0.2) is 34.2 Å². The molecule has 2 saturated carbocycles. The average Bonchev–Trinajstić information content (AvgIpc) is 3.45. The van der Waals surface area contributed by atoms with Crippen LogP contribution in [0.15, 0.2) is 45.3 Å². The maximum atomic E-state index is 12.8. The fourth-order valence-electron chi connectivity index (χ4n) is 8.29. The first-order valence-electron chi connectivity index (χ1n) is 16.1. The first kappa shape index (κ1) is 31.9. The molecule has 4 N–H and O–H groups in total. The summed E-state index contributed by atoms with van der Waals surface area (Å²) in [7, 11) is 0. The number of halogens is 2. The van der Waals surface area contributed by atoms with E-state index >= 15 is 0 Å². The van der Waals surface area contributed by atoms with E-state index in [4.69, 9.17) is 21.7 Å². The molecule has 4 heterocycles. The number of benzene rings is 2. The summed E-state index contributed by atoms with van der Waals surface area (Å²) in [5.41, 5.74) is -0.878. The minimum atomic E-state index is -1.02. The fourth-order valence-corrected chi connectivity index (χ4v) is 9.28. The molecule has 4 amide bonds. The molecule has 2 atom stereocenters. The predicted molar refractivity (Wildman–Crippen MR) is 183 cm³/mol. The molecule has 2 aromatic rings. The third kappa shape index (κ3) is 5.41. The van der Waals surface area contributed by atoms with E-state index in [1.807, 2.05) is 36.4 Å². The van der Waals surface area contributed by atoms with Crippen LogP contribution in [0.2, 0.25) is 0 Å². The molecule has 4 spiro atoms. The number of carbonyl (C=O) groups is 3. The van der Waals surface area contributed by atoms with Crippen molar-refractivity contribution < 1.29 is 23.9 Å². The molecule has 12 heteroatoms. The van der Waals surface area contributed by atoms with Crippen molar-refractivity contribution in [1.29, 1.82) is 0 Å². The Morgan fingerprint density at radius 3 is 1.52 bits per heavy atom. The molecule has 2 aliphatic carbocycles. The van der Waals surface area contributed by atoms with Crippen molar-refractivity contribution in [3.8, 4) is 11.5 Å². The van der Waals surface area contributed by atoms with Crippen molar-refractivity contribution in [2.45, 2.75) is 100 Å². The van der Waals surface area contributed by atoms with Crippen molar-refractivity contribution in [2.75, 3.05) is 0 Å². The standard InChI is InChI=1S/C17H19BrN2O3.C17H19BrN2O2S/c1-10-4-6-16(7-5-10)9-17(14(21)19-15(22)20-17)12-8-11(18)2-3-13(12)23-16;1-10-4-6-16(7-5-10)9-17(14(21)19-15(23)20-17)12-8-11(18)2-3-13(12)22-16/h2-3,8,10H,4-7,9H2,1H3,(H2,19,20,21,22);2-3,8,10H,4-7,9H2,1H3,(H2,19,20,21,23). The van der Waals surface area contributed by atoms with Crippen LogP contribution in [0.25, 0.3) is 0 Å². The molecular formula is C34H38Br2N4O5S. The Hall–Kier alpha value is -2.70. The van der Waals surface area contributed by atoms with Crippen molar-refractivity contribution >= 4 is 67.0 Å². The van der Waals surface area contributed by atoms with Gasteiger partial charge in [0.15, 0.2) is 16.2 Å². The van der Waals surface area contributed by atoms with Gasteiger partial charge in [-0.1, -0.05) is 45.7 Å². The van der Waals surface area contributed by atoms with Gasteiger partial charge >= 0.3 is 6.03 Å². The molecule has 0 radical (unpaired) electrons. The Morgan fingerprint density at radius 2 is 1.13 bits per heavy atom. The molecule has 244 valence electrons. The molecule has 4 fully saturated rings. The van der Waals surface area contributed by atoms with Crippen LogP contribution in [0.4, 0.5) is 4.79 Å². The van der Waals surface area contributed by atoms with Crippen LogP contribution in [0.3, 0.4) is 0 Å². The van der Waals surface area contributed by atoms with Crippen LogP contribution in [-0.2, 0) is 20.7 Å². The monoisotopic (exact) mass is 772 g/mol. The summed E-state index contributed by atoms with van der Waals surface area (Å²) in [5, 5.41) is 11.7. The highest BCUT2D eigenvalue weighted by molar-refractivity contribution is 9.10. The highest BCUT2D eigenvalue weighted by Crippen LogP contribution is 2.52. The van der Waals surface area contributed by atoms with Gasteiger partial charge in [0, 0.05) is 32.9 Å². The van der Waals surface area contributed by atoms with Gasteiger partial charge in [0.2, 0.25) is 0 Å². The second-order valence-electron chi connectivity index (χ2n) is 14.2. The Bertz CT molecular complexity index is 1520. The van der Waals surface area contributed by atoms with E-state index in [9.17, 15) is 14.4 Å². The largest absolute Gasteiger partial charge is 0.487 e. The topological polar surface area (TPSA) is 118 Å². The van der Waals surface area contributed by atoms with Gasteiger partial charge in [-0.25, -0.2) is 4.79 Å². The van der Waals surface area contributed by atoms with Crippen molar-refractivity contribution in [3.63, 3.8) is 0 Å². The van der Waals surface area contributed by atoms with Gasteiger partial charge < -0.3 is 25.4 Å². The minimum absolute atomic E-state index is 0.0665. The maximum absolute atomic E-state index is 12.8. The number of amides is 4. The zero-order valence-corrected chi connectivity index (χ0v) is 29.9. The number of hydrogen-bond donors (Lipinski definition) is 4. The highest BCUT2D eigenvalue weighted by atomic mass is 79.9. The second kappa shape index (κ2) is 11.5. The van der Waals surface area contributed by atoms with Crippen LogP contribution >= 0.6 is 44.1 Å². The normalized spacial score (nSPS) is 35.7. The van der Waals surface area contributed by atoms with E-state index in [1.165, 1.54) is 0 Å². The summed E-state index contributed by atoms with van der Waals surface area (Å²) < 4.78 is 14.6. The molecule has 0 bridgehead atoms. The Balaban J connectivity index is 0.000000147. The van der Waals surface area contributed by atoms with Crippen molar-refractivity contribution in [1.82, 2.24) is 21.3 Å². The molecule has 9 nitrogen and oxygen atoms in total. The van der Waals surface area contributed by atoms with E-state index in [0.29, 0.717) is 29.6 Å². The minimum Gasteiger partial charge on any atom is -0.487 e. The number of thiocarbonyl (C=S) groups is 1. The van der Waals surface area contributed by atoms with E-state index < -0.39 is 17.1 Å². The van der Waals surface area contributed by atoms with E-state index in [2.05, 4.69) is 67.0 Å². The first-order valence-corrected chi connectivity index (χ1v) is 18.1. The Kier molecular flexibility index (Phi) is 7.95. The van der Waals surface area contributed by atoms with Gasteiger partial charge in [-0.3, -0.25) is 14.9 Å². The number of imide groups is 1. The molecular weight excluding hydrogens is 736 g/mol. The van der Waals surface area contributed by atoms with Crippen LogP contribution in [0.1, 0.15) is 89.2 Å². The quantitative estimate of drug-likeness (QED) is 0.176. The first-order chi connectivity index (χ1) is 21.8. The van der Waals surface area contributed by atoms with Crippen LogP contribution in [0, 0.1) is 11.8 Å². The predicted octanol–water partition coefficient (Wildman–Crippen LogP) is 6.60. The molecule has 4 aliphatic heterocycles. The van der Waals surface area contributed by atoms with E-state index in [0.717, 1.165) is 83.1 Å². The second-order valence-corrected chi connectivity index (χ2v) is 16.4. The molecule has 2 unspecified atom stereocenters. The SMILES string of the molecule is CC1CCC2(CC1)CC1(NC(=O)NC1=O)c1cc(Br)ccc1O2.CC1CCC2(CC1)CC1(NC(=S)NC1=O)c1cc(Br)ccc1O2. The number of carbonyl (C=O) groups excluding carboxylic acids is 3. The molecule has 6 aliphatic rings. The molecule has 46 heavy (non-hydrogen) atoms. The summed E-state index contributed by atoms with van der Waals surface area (Å²) in [6.07, 6.45) is 9.33. The number of fused-ring (bicyclic) bond motifs is 4.